The molecule has 1 saturated heterocycles. The largest absolute Gasteiger partial charge is 0.339 e. The van der Waals surface area contributed by atoms with Gasteiger partial charge in [-0.2, -0.15) is 0 Å². The number of carbonyl (C=O) groups excluding carboxylic acids is 1. The van der Waals surface area contributed by atoms with E-state index in [0.717, 1.165) is 25.7 Å². The van der Waals surface area contributed by atoms with Gasteiger partial charge in [0, 0.05) is 0 Å². The van der Waals surface area contributed by atoms with Crippen molar-refractivity contribution in [1.82, 2.24) is 10.6 Å². The topological polar surface area (TPSA) is 41.1 Å². The van der Waals surface area contributed by atoms with Crippen molar-refractivity contribution in [2.24, 2.45) is 0 Å². The van der Waals surface area contributed by atoms with Gasteiger partial charge in [-0.15, -0.1) is 0 Å². The lowest BCUT2D eigenvalue weighted by atomic mass is 9.82. The van der Waals surface area contributed by atoms with Crippen molar-refractivity contribution in [3.05, 3.63) is 0 Å². The molecule has 0 aromatic heterocycles. The predicted molar refractivity (Wildman–Crippen MR) is 55.8 cm³/mol. The Morgan fingerprint density at radius 3 is 2.71 bits per heavy atom. The number of rotatable bonds is 2. The molecule has 14 heavy (non-hydrogen) atoms. The summed E-state index contributed by atoms with van der Waals surface area (Å²) in [7, 11) is 0. The molecule has 2 fully saturated rings. The van der Waals surface area contributed by atoms with Crippen LogP contribution < -0.4 is 10.6 Å². The van der Waals surface area contributed by atoms with Crippen LogP contribution in [0.5, 0.6) is 0 Å². The zero-order chi connectivity index (χ0) is 10.0. The lowest BCUT2D eigenvalue weighted by Gasteiger charge is -2.31. The minimum Gasteiger partial charge on any atom is -0.339 e. The number of amides is 1. The highest BCUT2D eigenvalue weighted by Gasteiger charge is 2.45. The van der Waals surface area contributed by atoms with Gasteiger partial charge in [-0.05, 0) is 19.3 Å². The summed E-state index contributed by atoms with van der Waals surface area (Å²) in [6.07, 6.45) is 8.12. The van der Waals surface area contributed by atoms with Crippen LogP contribution in [0.15, 0.2) is 0 Å². The van der Waals surface area contributed by atoms with Crippen LogP contribution >= 0.6 is 0 Å². The highest BCUT2D eigenvalue weighted by atomic mass is 16.2. The maximum atomic E-state index is 11.9. The van der Waals surface area contributed by atoms with E-state index in [1.54, 1.807) is 0 Å². The molecule has 1 spiro atoms. The van der Waals surface area contributed by atoms with Crippen molar-refractivity contribution in [2.75, 3.05) is 0 Å². The summed E-state index contributed by atoms with van der Waals surface area (Å²) in [5.74, 6) is 0.246. The Labute approximate surface area is 85.6 Å². The van der Waals surface area contributed by atoms with E-state index in [2.05, 4.69) is 17.6 Å². The van der Waals surface area contributed by atoms with Crippen molar-refractivity contribution in [3.63, 3.8) is 0 Å². The first kappa shape index (κ1) is 9.97. The maximum Gasteiger partial charge on any atom is 0.241 e. The molecule has 0 radical (unpaired) electrons. The van der Waals surface area contributed by atoms with Crippen LogP contribution in [-0.2, 0) is 4.79 Å². The second-order valence-electron chi connectivity index (χ2n) is 4.60. The molecule has 1 unspecified atom stereocenters. The number of hydrogen-bond donors (Lipinski definition) is 2. The van der Waals surface area contributed by atoms with Gasteiger partial charge >= 0.3 is 0 Å². The Morgan fingerprint density at radius 2 is 2.07 bits per heavy atom. The minimum atomic E-state index is -0.196. The highest BCUT2D eigenvalue weighted by molar-refractivity contribution is 5.88. The van der Waals surface area contributed by atoms with Crippen LogP contribution in [0.4, 0.5) is 0 Å². The van der Waals surface area contributed by atoms with E-state index in [0.29, 0.717) is 0 Å². The van der Waals surface area contributed by atoms with Gasteiger partial charge in [0.15, 0.2) is 0 Å². The van der Waals surface area contributed by atoms with Gasteiger partial charge in [-0.3, -0.25) is 10.1 Å². The Kier molecular flexibility index (Phi) is 2.77. The molecule has 0 bridgehead atoms. The Hall–Kier alpha value is -0.570. The molecule has 1 atom stereocenters. The van der Waals surface area contributed by atoms with Gasteiger partial charge in [-0.25, -0.2) is 0 Å². The van der Waals surface area contributed by atoms with Gasteiger partial charge < -0.3 is 5.32 Å². The smallest absolute Gasteiger partial charge is 0.241 e. The lowest BCUT2D eigenvalue weighted by molar-refractivity contribution is -0.125. The van der Waals surface area contributed by atoms with Gasteiger partial charge in [-0.1, -0.05) is 32.6 Å². The van der Waals surface area contributed by atoms with Gasteiger partial charge in [0.05, 0.1) is 11.7 Å². The molecule has 1 aliphatic heterocycles. The summed E-state index contributed by atoms with van der Waals surface area (Å²) in [6.45, 7) is 2.15. The quantitative estimate of drug-likeness (QED) is 0.703. The third-order valence-electron chi connectivity index (χ3n) is 3.47. The van der Waals surface area contributed by atoms with Crippen molar-refractivity contribution in [1.29, 1.82) is 0 Å². The maximum absolute atomic E-state index is 11.9. The fraction of sp³-hybridized carbons (Fsp3) is 0.909. The second-order valence-corrected chi connectivity index (χ2v) is 4.60. The van der Waals surface area contributed by atoms with E-state index < -0.39 is 0 Å². The lowest BCUT2D eigenvalue weighted by Crippen LogP contribution is -2.48. The summed E-state index contributed by atoms with van der Waals surface area (Å²) < 4.78 is 0. The molecule has 2 N–H and O–H groups in total. The molecule has 2 aliphatic rings. The summed E-state index contributed by atoms with van der Waals surface area (Å²) in [5, 5.41) is 6.56. The molecule has 80 valence electrons. The third-order valence-corrected chi connectivity index (χ3v) is 3.47. The Morgan fingerprint density at radius 1 is 1.36 bits per heavy atom. The zero-order valence-corrected chi connectivity index (χ0v) is 8.94. The number of hydrogen-bond acceptors (Lipinski definition) is 2. The molecule has 3 heteroatoms. The summed E-state index contributed by atoms with van der Waals surface area (Å²) >= 11 is 0. The summed E-state index contributed by atoms with van der Waals surface area (Å²) in [6, 6.07) is 0. The van der Waals surface area contributed by atoms with Gasteiger partial charge in [0.25, 0.3) is 0 Å². The van der Waals surface area contributed by atoms with E-state index in [-0.39, 0.29) is 17.6 Å². The second kappa shape index (κ2) is 3.89. The average molecular weight is 196 g/mol. The number of nitrogens with one attached hydrogen (secondary N) is 2. The number of carbonyl (C=O) groups is 1. The van der Waals surface area contributed by atoms with Crippen LogP contribution in [0.3, 0.4) is 0 Å². The molecule has 1 amide bonds. The van der Waals surface area contributed by atoms with Crippen LogP contribution in [0.25, 0.3) is 0 Å². The van der Waals surface area contributed by atoms with Crippen molar-refractivity contribution < 1.29 is 4.79 Å². The van der Waals surface area contributed by atoms with Gasteiger partial charge in [0.1, 0.15) is 0 Å². The SMILES string of the molecule is CCCC1NC(=O)C2(CCCCC2)N1. The van der Waals surface area contributed by atoms with E-state index in [4.69, 9.17) is 0 Å². The average Bonchev–Trinajstić information content (AvgIpc) is 2.45. The fourth-order valence-electron chi connectivity index (χ4n) is 2.69. The van der Waals surface area contributed by atoms with Crippen molar-refractivity contribution >= 4 is 5.91 Å². The monoisotopic (exact) mass is 196 g/mol. The normalized spacial score (nSPS) is 30.6. The molecule has 0 aromatic carbocycles. The fourth-order valence-corrected chi connectivity index (χ4v) is 2.69. The van der Waals surface area contributed by atoms with Crippen LogP contribution in [-0.4, -0.2) is 17.6 Å². The van der Waals surface area contributed by atoms with Crippen LogP contribution in [0.2, 0.25) is 0 Å². The molecule has 0 aromatic rings. The molecule has 1 aliphatic carbocycles. The summed E-state index contributed by atoms with van der Waals surface area (Å²) in [4.78, 5) is 11.9. The van der Waals surface area contributed by atoms with Crippen molar-refractivity contribution in [2.45, 2.75) is 63.6 Å². The molecule has 1 saturated carbocycles. The van der Waals surface area contributed by atoms with Crippen molar-refractivity contribution in [3.8, 4) is 0 Å². The first-order valence-electron chi connectivity index (χ1n) is 5.85. The van der Waals surface area contributed by atoms with E-state index in [9.17, 15) is 4.79 Å². The first-order chi connectivity index (χ1) is 6.77. The highest BCUT2D eigenvalue weighted by Crippen LogP contribution is 2.31. The van der Waals surface area contributed by atoms with Crippen LogP contribution in [0.1, 0.15) is 51.9 Å². The molecular formula is C11H20N2O. The van der Waals surface area contributed by atoms with E-state index in [1.165, 1.54) is 19.3 Å². The molecule has 1 heterocycles. The third kappa shape index (κ3) is 1.65. The molecular weight excluding hydrogens is 176 g/mol. The molecule has 3 nitrogen and oxygen atoms in total. The predicted octanol–water partition coefficient (Wildman–Crippen LogP) is 1.53. The zero-order valence-electron chi connectivity index (χ0n) is 8.94. The molecule has 2 rings (SSSR count). The van der Waals surface area contributed by atoms with E-state index in [1.807, 2.05) is 0 Å². The summed E-state index contributed by atoms with van der Waals surface area (Å²) in [5.41, 5.74) is -0.196. The Balaban J connectivity index is 2.01. The van der Waals surface area contributed by atoms with Gasteiger partial charge in [0.2, 0.25) is 5.91 Å². The van der Waals surface area contributed by atoms with Crippen LogP contribution in [0, 0.1) is 0 Å². The standard InChI is InChI=1S/C11H20N2O/c1-2-6-9-12-10(14)11(13-9)7-4-3-5-8-11/h9,13H,2-8H2,1H3,(H,12,14). The Bertz CT molecular complexity index is 221. The first-order valence-corrected chi connectivity index (χ1v) is 5.85. The minimum absolute atomic E-state index is 0.196. The van der Waals surface area contributed by atoms with E-state index >= 15 is 0 Å².